The molecule has 0 radical (unpaired) electrons. The van der Waals surface area contributed by atoms with Crippen LogP contribution in [0.2, 0.25) is 0 Å². The molecule has 1 fully saturated rings. The van der Waals surface area contributed by atoms with E-state index in [0.717, 1.165) is 4.80 Å². The molecule has 0 bridgehead atoms. The van der Waals surface area contributed by atoms with E-state index >= 15 is 0 Å². The fourth-order valence-electron chi connectivity index (χ4n) is 2.26. The van der Waals surface area contributed by atoms with Crippen LogP contribution in [0.15, 0.2) is 6.33 Å². The summed E-state index contributed by atoms with van der Waals surface area (Å²) < 4.78 is 5.38. The van der Waals surface area contributed by atoms with Gasteiger partial charge >= 0.3 is 0 Å². The predicted octanol–water partition coefficient (Wildman–Crippen LogP) is -2.10. The highest BCUT2D eigenvalue weighted by molar-refractivity contribution is 5.81. The van der Waals surface area contributed by atoms with Gasteiger partial charge in [-0.2, -0.15) is 0 Å². The second-order valence-electron chi connectivity index (χ2n) is 5.01. The molecule has 0 amide bonds. The molecule has 114 valence electrons. The van der Waals surface area contributed by atoms with Crippen LogP contribution >= 0.6 is 0 Å². The Bertz CT molecular complexity index is 647. The van der Waals surface area contributed by atoms with E-state index in [1.165, 1.54) is 6.33 Å². The summed E-state index contributed by atoms with van der Waals surface area (Å²) in [6.45, 7) is -0.404. The van der Waals surface area contributed by atoms with Gasteiger partial charge in [0.1, 0.15) is 24.6 Å². The summed E-state index contributed by atoms with van der Waals surface area (Å²) in [5, 5.41) is 37.2. The molecule has 3 heterocycles. The zero-order valence-corrected chi connectivity index (χ0v) is 11.5. The molecule has 1 aliphatic heterocycles. The number of fused-ring (bicyclic) bond motifs is 1. The van der Waals surface area contributed by atoms with E-state index in [9.17, 15) is 10.2 Å². The highest BCUT2D eigenvalue weighted by Gasteiger charge is 2.44. The van der Waals surface area contributed by atoms with E-state index < -0.39 is 31.1 Å². The van der Waals surface area contributed by atoms with Crippen LogP contribution in [-0.2, 0) is 4.74 Å². The van der Waals surface area contributed by atoms with Gasteiger partial charge in [-0.1, -0.05) is 0 Å². The van der Waals surface area contributed by atoms with Crippen molar-refractivity contribution in [1.82, 2.24) is 25.0 Å². The molecule has 0 aromatic carbocycles. The number of nitrogens with zero attached hydrogens (tertiary/aromatic N) is 6. The first-order valence-electron chi connectivity index (χ1n) is 6.40. The van der Waals surface area contributed by atoms with E-state index in [1.54, 1.807) is 4.90 Å². The number of aliphatic hydroxyl groups excluding tert-OH is 3. The third-order valence-corrected chi connectivity index (χ3v) is 3.35. The minimum Gasteiger partial charge on any atom is -0.394 e. The van der Waals surface area contributed by atoms with Crippen molar-refractivity contribution >= 4 is 17.0 Å². The summed E-state index contributed by atoms with van der Waals surface area (Å²) >= 11 is 0. The van der Waals surface area contributed by atoms with Gasteiger partial charge in [0.2, 0.25) is 5.65 Å². The highest BCUT2D eigenvalue weighted by Crippen LogP contribution is 2.29. The van der Waals surface area contributed by atoms with E-state index in [-0.39, 0.29) is 0 Å². The molecule has 3 N–H and O–H groups in total. The van der Waals surface area contributed by atoms with Gasteiger partial charge in [-0.3, -0.25) is 0 Å². The van der Waals surface area contributed by atoms with Crippen molar-refractivity contribution in [3.63, 3.8) is 0 Å². The second-order valence-corrected chi connectivity index (χ2v) is 5.01. The number of anilines is 1. The van der Waals surface area contributed by atoms with Crippen LogP contribution in [-0.4, -0.2) is 79.3 Å². The van der Waals surface area contributed by atoms with E-state index in [2.05, 4.69) is 20.2 Å². The van der Waals surface area contributed by atoms with Gasteiger partial charge in [-0.05, 0) is 0 Å². The average Bonchev–Trinajstić information content (AvgIpc) is 3.01. The minimum atomic E-state index is -1.24. The molecule has 0 unspecified atom stereocenters. The maximum absolute atomic E-state index is 9.98. The molecule has 3 rings (SSSR count). The molecule has 0 spiro atoms. The quantitative estimate of drug-likeness (QED) is 0.583. The number of ether oxygens (including phenoxy) is 1. The third kappa shape index (κ3) is 2.21. The molecule has 10 nitrogen and oxygen atoms in total. The predicted molar refractivity (Wildman–Crippen MR) is 70.5 cm³/mol. The minimum absolute atomic E-state index is 0.353. The van der Waals surface area contributed by atoms with Crippen molar-refractivity contribution in [2.24, 2.45) is 0 Å². The Hall–Kier alpha value is -1.88. The molecule has 1 saturated heterocycles. The molecule has 21 heavy (non-hydrogen) atoms. The maximum Gasteiger partial charge on any atom is 0.207 e. The lowest BCUT2D eigenvalue weighted by atomic mass is 10.1. The lowest BCUT2D eigenvalue weighted by Gasteiger charge is -2.13. The summed E-state index contributed by atoms with van der Waals surface area (Å²) in [6.07, 6.45) is -2.93. The molecule has 0 aliphatic carbocycles. The van der Waals surface area contributed by atoms with E-state index in [1.807, 2.05) is 14.1 Å². The summed E-state index contributed by atoms with van der Waals surface area (Å²) in [6, 6.07) is 0. The lowest BCUT2D eigenvalue weighted by Crippen LogP contribution is -2.33. The average molecular weight is 296 g/mol. The number of rotatable bonds is 3. The monoisotopic (exact) mass is 296 g/mol. The first-order valence-corrected chi connectivity index (χ1v) is 6.40. The Morgan fingerprint density at radius 1 is 1.24 bits per heavy atom. The summed E-state index contributed by atoms with van der Waals surface area (Å²) in [5.41, 5.74) is 0.812. The maximum atomic E-state index is 9.98. The fourth-order valence-corrected chi connectivity index (χ4v) is 2.26. The highest BCUT2D eigenvalue weighted by atomic mass is 16.6. The molecule has 10 heteroatoms. The Kier molecular flexibility index (Phi) is 3.45. The fraction of sp³-hybridized carbons (Fsp3) is 0.636. The zero-order valence-electron chi connectivity index (χ0n) is 11.5. The smallest absolute Gasteiger partial charge is 0.207 e. The number of hydrogen-bond donors (Lipinski definition) is 3. The first-order chi connectivity index (χ1) is 10.0. The lowest BCUT2D eigenvalue weighted by molar-refractivity contribution is -0.0650. The van der Waals surface area contributed by atoms with Crippen LogP contribution < -0.4 is 4.90 Å². The van der Waals surface area contributed by atoms with Gasteiger partial charge in [0.15, 0.2) is 17.6 Å². The molecule has 2 aromatic heterocycles. The SMILES string of the molecule is CN(C)c1ncnc2nn([C@@H]3O[C@@H](CO)[C@@H](O)[C@@H]3O)nc12. The number of aromatic nitrogens is 5. The van der Waals surface area contributed by atoms with Crippen molar-refractivity contribution in [1.29, 1.82) is 0 Å². The van der Waals surface area contributed by atoms with Crippen molar-refractivity contribution in [3.8, 4) is 0 Å². The largest absolute Gasteiger partial charge is 0.394 e. The number of hydrogen-bond acceptors (Lipinski definition) is 9. The third-order valence-electron chi connectivity index (χ3n) is 3.35. The van der Waals surface area contributed by atoms with Crippen LogP contribution in [0.3, 0.4) is 0 Å². The Labute approximate surface area is 119 Å². The van der Waals surface area contributed by atoms with Crippen LogP contribution in [0.4, 0.5) is 5.82 Å². The van der Waals surface area contributed by atoms with Gasteiger partial charge in [0.25, 0.3) is 0 Å². The van der Waals surface area contributed by atoms with Gasteiger partial charge < -0.3 is 25.0 Å². The van der Waals surface area contributed by atoms with Crippen molar-refractivity contribution in [2.75, 3.05) is 25.6 Å². The van der Waals surface area contributed by atoms with Crippen LogP contribution in [0.25, 0.3) is 11.2 Å². The van der Waals surface area contributed by atoms with Crippen LogP contribution in [0.1, 0.15) is 6.23 Å². The Morgan fingerprint density at radius 3 is 2.62 bits per heavy atom. The van der Waals surface area contributed by atoms with Gasteiger partial charge in [0.05, 0.1) is 6.61 Å². The van der Waals surface area contributed by atoms with E-state index in [0.29, 0.717) is 17.0 Å². The molecular weight excluding hydrogens is 280 g/mol. The van der Waals surface area contributed by atoms with Crippen LogP contribution in [0, 0.1) is 0 Å². The van der Waals surface area contributed by atoms with E-state index in [4.69, 9.17) is 9.84 Å². The Morgan fingerprint density at radius 2 is 2.00 bits per heavy atom. The molecule has 1 aliphatic rings. The van der Waals surface area contributed by atoms with Crippen molar-refractivity contribution in [3.05, 3.63) is 6.33 Å². The van der Waals surface area contributed by atoms with Gasteiger partial charge in [0, 0.05) is 14.1 Å². The van der Waals surface area contributed by atoms with Crippen molar-refractivity contribution in [2.45, 2.75) is 24.5 Å². The van der Waals surface area contributed by atoms with Gasteiger partial charge in [-0.15, -0.1) is 15.0 Å². The topological polar surface area (TPSA) is 130 Å². The zero-order chi connectivity index (χ0) is 15.1. The normalized spacial score (nSPS) is 29.2. The number of aliphatic hydroxyl groups is 3. The molecule has 2 aromatic rings. The molecular formula is C11H16N6O4. The molecule has 0 saturated carbocycles. The first kappa shape index (κ1) is 14.1. The summed E-state index contributed by atoms with van der Waals surface area (Å²) in [5.74, 6) is 0.581. The molecule has 4 atom stereocenters. The summed E-state index contributed by atoms with van der Waals surface area (Å²) in [4.78, 5) is 11.0. The second kappa shape index (κ2) is 5.15. The summed E-state index contributed by atoms with van der Waals surface area (Å²) in [7, 11) is 3.63. The van der Waals surface area contributed by atoms with Crippen molar-refractivity contribution < 1.29 is 20.1 Å². The van der Waals surface area contributed by atoms with Crippen LogP contribution in [0.5, 0.6) is 0 Å². The standard InChI is InChI=1S/C11H16N6O4/c1-16(2)10-6-9(12-4-13-10)15-17(14-6)11-8(20)7(19)5(3-18)21-11/h4-5,7-8,11,18-20H,3H2,1-2H3/t5-,7+,8-,11+/m0/s1. The Balaban J connectivity index is 2.00. The van der Waals surface area contributed by atoms with Gasteiger partial charge in [-0.25, -0.2) is 9.97 Å².